The van der Waals surface area contributed by atoms with Gasteiger partial charge < -0.3 is 14.8 Å². The van der Waals surface area contributed by atoms with Crippen molar-refractivity contribution in [1.29, 1.82) is 0 Å². The predicted octanol–water partition coefficient (Wildman–Crippen LogP) is 3.86. The third-order valence-electron chi connectivity index (χ3n) is 2.63. The molecular weight excluding hydrogens is 339 g/mol. The highest BCUT2D eigenvalue weighted by Gasteiger charge is 2.31. The van der Waals surface area contributed by atoms with E-state index in [1.807, 2.05) is 6.92 Å². The molecule has 7 heteroatoms. The second kappa shape index (κ2) is 7.85. The van der Waals surface area contributed by atoms with Crippen LogP contribution in [0.3, 0.4) is 0 Å². The first-order chi connectivity index (χ1) is 9.31. The maximum absolute atomic E-state index is 12.1. The lowest BCUT2D eigenvalue weighted by Crippen LogP contribution is -2.26. The molecular formula is C13H17BrF3NO2. The first-order valence-corrected chi connectivity index (χ1v) is 6.87. The van der Waals surface area contributed by atoms with Crippen LogP contribution in [0.15, 0.2) is 22.7 Å². The maximum Gasteiger partial charge on any atom is 0.573 e. The molecule has 0 heterocycles. The van der Waals surface area contributed by atoms with Gasteiger partial charge in [0.1, 0.15) is 5.75 Å². The summed E-state index contributed by atoms with van der Waals surface area (Å²) in [6.45, 7) is 3.25. The Hall–Kier alpha value is -0.790. The van der Waals surface area contributed by atoms with Crippen molar-refractivity contribution in [3.63, 3.8) is 0 Å². The average molecular weight is 356 g/mol. The highest BCUT2D eigenvalue weighted by molar-refractivity contribution is 9.10. The lowest BCUT2D eigenvalue weighted by Gasteiger charge is -2.15. The summed E-state index contributed by atoms with van der Waals surface area (Å²) < 4.78 is 45.5. The fraction of sp³-hybridized carbons (Fsp3) is 0.538. The highest BCUT2D eigenvalue weighted by atomic mass is 79.9. The molecule has 0 fully saturated rings. The summed E-state index contributed by atoms with van der Waals surface area (Å²) in [6, 6.07) is 4.77. The first kappa shape index (κ1) is 17.3. The number of halogens is 4. The smallest absolute Gasteiger partial charge is 0.405 e. The lowest BCUT2D eigenvalue weighted by molar-refractivity contribution is -0.274. The van der Waals surface area contributed by atoms with Crippen LogP contribution in [-0.4, -0.2) is 26.1 Å². The molecule has 0 bridgehead atoms. The Balaban J connectivity index is 2.55. The molecule has 1 aromatic carbocycles. The Bertz CT molecular complexity index is 427. The van der Waals surface area contributed by atoms with E-state index in [4.69, 9.17) is 4.74 Å². The average Bonchev–Trinajstić information content (AvgIpc) is 2.35. The van der Waals surface area contributed by atoms with E-state index in [0.29, 0.717) is 13.2 Å². The topological polar surface area (TPSA) is 30.5 Å². The molecule has 0 aliphatic carbocycles. The lowest BCUT2D eigenvalue weighted by atomic mass is 10.2. The van der Waals surface area contributed by atoms with Gasteiger partial charge in [0.2, 0.25) is 0 Å². The number of nitrogens with one attached hydrogen (secondary N) is 1. The molecule has 114 valence electrons. The molecule has 0 aliphatic heterocycles. The SMILES string of the molecule is COCCC(C)NCc1ccc(OC(F)(F)F)c(Br)c1. The first-order valence-electron chi connectivity index (χ1n) is 6.08. The van der Waals surface area contributed by atoms with Crippen LogP contribution in [0.1, 0.15) is 18.9 Å². The van der Waals surface area contributed by atoms with Crippen LogP contribution in [0.5, 0.6) is 5.75 Å². The van der Waals surface area contributed by atoms with E-state index < -0.39 is 6.36 Å². The van der Waals surface area contributed by atoms with Crippen LogP contribution in [0, 0.1) is 0 Å². The fourth-order valence-corrected chi connectivity index (χ4v) is 2.06. The third kappa shape index (κ3) is 6.58. The molecule has 1 atom stereocenters. The second-order valence-corrected chi connectivity index (χ2v) is 5.23. The summed E-state index contributed by atoms with van der Waals surface area (Å²) in [5.41, 5.74) is 0.871. The van der Waals surface area contributed by atoms with E-state index >= 15 is 0 Å². The number of ether oxygens (including phenoxy) is 2. The number of hydrogen-bond acceptors (Lipinski definition) is 3. The summed E-state index contributed by atoms with van der Waals surface area (Å²) in [6.07, 6.45) is -3.82. The summed E-state index contributed by atoms with van der Waals surface area (Å²) in [7, 11) is 1.64. The van der Waals surface area contributed by atoms with Gasteiger partial charge in [-0.15, -0.1) is 13.2 Å². The van der Waals surface area contributed by atoms with Crippen molar-refractivity contribution in [2.45, 2.75) is 32.3 Å². The van der Waals surface area contributed by atoms with Gasteiger partial charge in [0.15, 0.2) is 0 Å². The second-order valence-electron chi connectivity index (χ2n) is 4.38. The van der Waals surface area contributed by atoms with Gasteiger partial charge in [-0.25, -0.2) is 0 Å². The normalized spacial score (nSPS) is 13.3. The van der Waals surface area contributed by atoms with Crippen molar-refractivity contribution in [3.8, 4) is 5.75 Å². The maximum atomic E-state index is 12.1. The molecule has 1 aromatic rings. The molecule has 0 amide bonds. The minimum absolute atomic E-state index is 0.242. The van der Waals surface area contributed by atoms with Crippen LogP contribution in [-0.2, 0) is 11.3 Å². The summed E-state index contributed by atoms with van der Waals surface area (Å²) in [5, 5.41) is 3.26. The van der Waals surface area contributed by atoms with Crippen molar-refractivity contribution < 1.29 is 22.6 Å². The van der Waals surface area contributed by atoms with Gasteiger partial charge in [-0.2, -0.15) is 0 Å². The van der Waals surface area contributed by atoms with Crippen LogP contribution in [0.4, 0.5) is 13.2 Å². The zero-order valence-electron chi connectivity index (χ0n) is 11.3. The quantitative estimate of drug-likeness (QED) is 0.805. The molecule has 0 radical (unpaired) electrons. The summed E-state index contributed by atoms with van der Waals surface area (Å²) in [5.74, 6) is -0.242. The predicted molar refractivity (Wildman–Crippen MR) is 73.6 cm³/mol. The van der Waals surface area contributed by atoms with E-state index in [9.17, 15) is 13.2 Å². The van der Waals surface area contributed by atoms with Gasteiger partial charge in [0.25, 0.3) is 0 Å². The number of alkyl halides is 3. The molecule has 0 saturated heterocycles. The highest BCUT2D eigenvalue weighted by Crippen LogP contribution is 2.31. The molecule has 20 heavy (non-hydrogen) atoms. The number of rotatable bonds is 7. The van der Waals surface area contributed by atoms with Crippen molar-refractivity contribution in [3.05, 3.63) is 28.2 Å². The van der Waals surface area contributed by atoms with E-state index in [2.05, 4.69) is 26.0 Å². The van der Waals surface area contributed by atoms with Crippen molar-refractivity contribution in [1.82, 2.24) is 5.32 Å². The molecule has 0 aliphatic rings. The standard InChI is InChI=1S/C13H17BrF3NO2/c1-9(5-6-19-2)18-8-10-3-4-12(11(14)7-10)20-13(15,16)17/h3-4,7,9,18H,5-6,8H2,1-2H3. The number of benzene rings is 1. The Kier molecular flexibility index (Phi) is 6.78. The molecule has 1 N–H and O–H groups in total. The van der Waals surface area contributed by atoms with Crippen molar-refractivity contribution >= 4 is 15.9 Å². The van der Waals surface area contributed by atoms with Gasteiger partial charge in [-0.1, -0.05) is 6.07 Å². The molecule has 0 aromatic heterocycles. The van der Waals surface area contributed by atoms with Crippen molar-refractivity contribution in [2.24, 2.45) is 0 Å². The molecule has 0 saturated carbocycles. The Labute approximate surface area is 124 Å². The zero-order chi connectivity index (χ0) is 15.2. The number of hydrogen-bond donors (Lipinski definition) is 1. The van der Waals surface area contributed by atoms with Gasteiger partial charge in [-0.05, 0) is 47.0 Å². The van der Waals surface area contributed by atoms with E-state index in [1.165, 1.54) is 6.07 Å². The third-order valence-corrected chi connectivity index (χ3v) is 3.25. The van der Waals surface area contributed by atoms with E-state index in [-0.39, 0.29) is 16.3 Å². The van der Waals surface area contributed by atoms with Crippen LogP contribution < -0.4 is 10.1 Å². The van der Waals surface area contributed by atoms with Gasteiger partial charge in [0, 0.05) is 26.3 Å². The van der Waals surface area contributed by atoms with Crippen LogP contribution in [0.2, 0.25) is 0 Å². The summed E-state index contributed by atoms with van der Waals surface area (Å²) >= 11 is 3.08. The summed E-state index contributed by atoms with van der Waals surface area (Å²) in [4.78, 5) is 0. The van der Waals surface area contributed by atoms with Gasteiger partial charge in [0.05, 0.1) is 4.47 Å². The van der Waals surface area contributed by atoms with Crippen LogP contribution in [0.25, 0.3) is 0 Å². The fourth-order valence-electron chi connectivity index (χ4n) is 1.55. The van der Waals surface area contributed by atoms with Crippen molar-refractivity contribution in [2.75, 3.05) is 13.7 Å². The Morgan fingerprint density at radius 1 is 1.35 bits per heavy atom. The van der Waals surface area contributed by atoms with Crippen LogP contribution >= 0.6 is 15.9 Å². The molecule has 0 spiro atoms. The zero-order valence-corrected chi connectivity index (χ0v) is 12.8. The molecule has 3 nitrogen and oxygen atoms in total. The Morgan fingerprint density at radius 3 is 2.60 bits per heavy atom. The minimum Gasteiger partial charge on any atom is -0.405 e. The minimum atomic E-state index is -4.68. The Morgan fingerprint density at radius 2 is 2.05 bits per heavy atom. The number of methoxy groups -OCH3 is 1. The van der Waals surface area contributed by atoms with Gasteiger partial charge in [-0.3, -0.25) is 0 Å². The van der Waals surface area contributed by atoms with E-state index in [1.54, 1.807) is 19.2 Å². The molecule has 1 unspecified atom stereocenters. The molecule has 1 rings (SSSR count). The van der Waals surface area contributed by atoms with E-state index in [0.717, 1.165) is 12.0 Å². The van der Waals surface area contributed by atoms with Gasteiger partial charge >= 0.3 is 6.36 Å². The monoisotopic (exact) mass is 355 g/mol. The largest absolute Gasteiger partial charge is 0.573 e.